The Morgan fingerprint density at radius 3 is 2.69 bits per heavy atom. The lowest BCUT2D eigenvalue weighted by Crippen LogP contribution is -2.45. The zero-order valence-corrected chi connectivity index (χ0v) is 16.4. The molecule has 1 saturated heterocycles. The number of hydrogen-bond acceptors (Lipinski definition) is 4. The third-order valence-electron chi connectivity index (χ3n) is 4.39. The highest BCUT2D eigenvalue weighted by molar-refractivity contribution is 5.94. The van der Waals surface area contributed by atoms with Crippen LogP contribution in [0.4, 0.5) is 4.79 Å². The summed E-state index contributed by atoms with van der Waals surface area (Å²) in [4.78, 5) is 26.4. The van der Waals surface area contributed by atoms with E-state index in [-0.39, 0.29) is 17.9 Å². The van der Waals surface area contributed by atoms with Crippen molar-refractivity contribution in [1.82, 2.24) is 10.2 Å². The van der Waals surface area contributed by atoms with E-state index in [2.05, 4.69) is 5.32 Å². The molecule has 0 radical (unpaired) electrons. The molecule has 0 aromatic heterocycles. The SMILES string of the molecule is COc1cc(C(=O)NCC2CCCN(C(=O)OC(C)(C)C)C2)ccc1C. The lowest BCUT2D eigenvalue weighted by Gasteiger charge is -2.34. The van der Waals surface area contributed by atoms with Gasteiger partial charge in [-0.3, -0.25) is 4.79 Å². The number of nitrogens with one attached hydrogen (secondary N) is 1. The number of nitrogens with zero attached hydrogens (tertiary/aromatic N) is 1. The first-order valence-corrected chi connectivity index (χ1v) is 9.10. The van der Waals surface area contributed by atoms with E-state index in [0.29, 0.717) is 30.9 Å². The molecule has 1 aromatic rings. The highest BCUT2D eigenvalue weighted by atomic mass is 16.6. The molecular formula is C20H30N2O4. The van der Waals surface area contributed by atoms with Crippen molar-refractivity contribution in [2.75, 3.05) is 26.7 Å². The van der Waals surface area contributed by atoms with Crippen molar-refractivity contribution >= 4 is 12.0 Å². The van der Waals surface area contributed by atoms with Crippen molar-refractivity contribution in [3.05, 3.63) is 29.3 Å². The molecule has 144 valence electrons. The van der Waals surface area contributed by atoms with Crippen LogP contribution in [0.1, 0.15) is 49.5 Å². The predicted molar refractivity (Wildman–Crippen MR) is 101 cm³/mol. The number of aryl methyl sites for hydroxylation is 1. The number of amides is 2. The summed E-state index contributed by atoms with van der Waals surface area (Å²) in [7, 11) is 1.59. The molecule has 1 atom stereocenters. The van der Waals surface area contributed by atoms with Gasteiger partial charge in [0.1, 0.15) is 11.4 Å². The first-order valence-electron chi connectivity index (χ1n) is 9.10. The van der Waals surface area contributed by atoms with Crippen LogP contribution in [0.25, 0.3) is 0 Å². The van der Waals surface area contributed by atoms with E-state index in [1.807, 2.05) is 33.8 Å². The van der Waals surface area contributed by atoms with Gasteiger partial charge in [0.05, 0.1) is 7.11 Å². The second-order valence-electron chi connectivity index (χ2n) is 7.83. The van der Waals surface area contributed by atoms with Crippen molar-refractivity contribution < 1.29 is 19.1 Å². The van der Waals surface area contributed by atoms with Crippen molar-refractivity contribution in [2.45, 2.75) is 46.1 Å². The minimum atomic E-state index is -0.497. The van der Waals surface area contributed by atoms with Crippen LogP contribution in [-0.2, 0) is 4.74 Å². The van der Waals surface area contributed by atoms with Crippen LogP contribution in [0.2, 0.25) is 0 Å². The van der Waals surface area contributed by atoms with Crippen LogP contribution in [-0.4, -0.2) is 49.2 Å². The second-order valence-corrected chi connectivity index (χ2v) is 7.83. The molecule has 6 nitrogen and oxygen atoms in total. The van der Waals surface area contributed by atoms with Gasteiger partial charge in [0.15, 0.2) is 0 Å². The summed E-state index contributed by atoms with van der Waals surface area (Å²) >= 11 is 0. The standard InChI is InChI=1S/C20H30N2O4/c1-14-8-9-16(11-17(14)25-5)18(23)21-12-15-7-6-10-22(13-15)19(24)26-20(2,3)4/h8-9,11,15H,6-7,10,12-13H2,1-5H3,(H,21,23). The number of likely N-dealkylation sites (tertiary alicyclic amines) is 1. The maximum atomic E-state index is 12.4. The van der Waals surface area contributed by atoms with Gasteiger partial charge < -0.3 is 19.7 Å². The lowest BCUT2D eigenvalue weighted by molar-refractivity contribution is 0.0167. The predicted octanol–water partition coefficient (Wildman–Crippen LogP) is 3.38. The van der Waals surface area contributed by atoms with Gasteiger partial charge in [0.25, 0.3) is 5.91 Å². The van der Waals surface area contributed by atoms with Crippen LogP contribution >= 0.6 is 0 Å². The smallest absolute Gasteiger partial charge is 0.410 e. The Balaban J connectivity index is 1.88. The summed E-state index contributed by atoms with van der Waals surface area (Å²) in [5.41, 5.74) is 1.07. The van der Waals surface area contributed by atoms with Crippen LogP contribution in [0.3, 0.4) is 0 Å². The summed E-state index contributed by atoms with van der Waals surface area (Å²) in [6.07, 6.45) is 1.62. The van der Waals surface area contributed by atoms with Gasteiger partial charge >= 0.3 is 6.09 Å². The summed E-state index contributed by atoms with van der Waals surface area (Å²) in [5, 5.41) is 2.97. The molecular weight excluding hydrogens is 332 g/mol. The Bertz CT molecular complexity index is 652. The van der Waals surface area contributed by atoms with Crippen molar-refractivity contribution in [1.29, 1.82) is 0 Å². The molecule has 1 unspecified atom stereocenters. The average molecular weight is 362 g/mol. The summed E-state index contributed by atoms with van der Waals surface area (Å²) in [6, 6.07) is 5.41. The molecule has 6 heteroatoms. The maximum Gasteiger partial charge on any atom is 0.410 e. The number of ether oxygens (including phenoxy) is 2. The molecule has 1 aliphatic heterocycles. The van der Waals surface area contributed by atoms with Crippen LogP contribution in [0, 0.1) is 12.8 Å². The van der Waals surface area contributed by atoms with Crippen LogP contribution < -0.4 is 10.1 Å². The normalized spacial score (nSPS) is 17.6. The molecule has 0 bridgehead atoms. The fourth-order valence-corrected chi connectivity index (χ4v) is 3.02. The van der Waals surface area contributed by atoms with Gasteiger partial charge in [-0.2, -0.15) is 0 Å². The minimum Gasteiger partial charge on any atom is -0.496 e. The molecule has 0 spiro atoms. The fraction of sp³-hybridized carbons (Fsp3) is 0.600. The molecule has 1 N–H and O–H groups in total. The Hall–Kier alpha value is -2.24. The number of carbonyl (C=O) groups excluding carboxylic acids is 2. The number of benzene rings is 1. The number of piperidine rings is 1. The van der Waals surface area contributed by atoms with Crippen molar-refractivity contribution in [3.8, 4) is 5.75 Å². The molecule has 0 saturated carbocycles. The highest BCUT2D eigenvalue weighted by Gasteiger charge is 2.27. The largest absolute Gasteiger partial charge is 0.496 e. The number of rotatable bonds is 4. The van der Waals surface area contributed by atoms with Crippen LogP contribution in [0.5, 0.6) is 5.75 Å². The van der Waals surface area contributed by atoms with Gasteiger partial charge in [0, 0.05) is 25.2 Å². The zero-order valence-electron chi connectivity index (χ0n) is 16.4. The van der Waals surface area contributed by atoms with Gasteiger partial charge in [-0.25, -0.2) is 4.79 Å². The van der Waals surface area contributed by atoms with E-state index >= 15 is 0 Å². The van der Waals surface area contributed by atoms with Gasteiger partial charge in [-0.1, -0.05) is 6.07 Å². The second kappa shape index (κ2) is 8.43. The molecule has 2 rings (SSSR count). The summed E-state index contributed by atoms with van der Waals surface area (Å²) in [6.45, 7) is 9.37. The third kappa shape index (κ3) is 5.64. The minimum absolute atomic E-state index is 0.127. The molecule has 1 aliphatic rings. The van der Waals surface area contributed by atoms with E-state index in [4.69, 9.17) is 9.47 Å². The topological polar surface area (TPSA) is 67.9 Å². The Morgan fingerprint density at radius 2 is 2.04 bits per heavy atom. The van der Waals surface area contributed by atoms with Crippen molar-refractivity contribution in [2.24, 2.45) is 5.92 Å². The zero-order chi connectivity index (χ0) is 19.3. The Morgan fingerprint density at radius 1 is 1.31 bits per heavy atom. The molecule has 26 heavy (non-hydrogen) atoms. The number of methoxy groups -OCH3 is 1. The summed E-state index contributed by atoms with van der Waals surface area (Å²) < 4.78 is 10.7. The number of hydrogen-bond donors (Lipinski definition) is 1. The van der Waals surface area contributed by atoms with Gasteiger partial charge in [-0.15, -0.1) is 0 Å². The monoisotopic (exact) mass is 362 g/mol. The molecule has 1 heterocycles. The Kier molecular flexibility index (Phi) is 6.51. The molecule has 2 amide bonds. The lowest BCUT2D eigenvalue weighted by atomic mass is 9.98. The van der Waals surface area contributed by atoms with E-state index in [1.54, 1.807) is 24.1 Å². The van der Waals surface area contributed by atoms with Gasteiger partial charge in [0.2, 0.25) is 0 Å². The van der Waals surface area contributed by atoms with Gasteiger partial charge in [-0.05, 0) is 64.2 Å². The van der Waals surface area contributed by atoms with Crippen molar-refractivity contribution in [3.63, 3.8) is 0 Å². The first-order chi connectivity index (χ1) is 12.2. The van der Waals surface area contributed by atoms with Crippen LogP contribution in [0.15, 0.2) is 18.2 Å². The fourth-order valence-electron chi connectivity index (χ4n) is 3.02. The molecule has 0 aliphatic carbocycles. The Labute approximate surface area is 155 Å². The number of carbonyl (C=O) groups is 2. The van der Waals surface area contributed by atoms with E-state index in [9.17, 15) is 9.59 Å². The summed E-state index contributed by atoms with van der Waals surface area (Å²) in [5.74, 6) is 0.802. The molecule has 1 aromatic carbocycles. The average Bonchev–Trinajstić information content (AvgIpc) is 2.59. The first kappa shape index (κ1) is 20.1. The highest BCUT2D eigenvalue weighted by Crippen LogP contribution is 2.20. The third-order valence-corrected chi connectivity index (χ3v) is 4.39. The maximum absolute atomic E-state index is 12.4. The van der Waals surface area contributed by atoms with E-state index < -0.39 is 5.60 Å². The quantitative estimate of drug-likeness (QED) is 0.892. The van der Waals surface area contributed by atoms with E-state index in [1.165, 1.54) is 0 Å². The molecule has 1 fully saturated rings. The van der Waals surface area contributed by atoms with E-state index in [0.717, 1.165) is 18.4 Å².